The lowest BCUT2D eigenvalue weighted by Crippen LogP contribution is -2.36. The van der Waals surface area contributed by atoms with E-state index >= 15 is 0 Å². The van der Waals surface area contributed by atoms with E-state index in [1.165, 1.54) is 7.11 Å². The quantitative estimate of drug-likeness (QED) is 0.291. The molecule has 0 spiro atoms. The molecule has 0 saturated carbocycles. The Hall–Kier alpha value is -3.50. The molecule has 0 fully saturated rings. The number of carbonyl (C=O) groups is 2. The van der Waals surface area contributed by atoms with Crippen LogP contribution in [0.15, 0.2) is 57.3 Å². The number of allylic oxidation sites excluding steroid dienone is 3. The van der Waals surface area contributed by atoms with E-state index in [1.807, 2.05) is 25.1 Å². The van der Waals surface area contributed by atoms with Crippen LogP contribution in [0.25, 0.3) is 0 Å². The Kier molecular flexibility index (Phi) is 9.42. The molecule has 1 heterocycles. The normalized spacial score (nSPS) is 18.6. The number of esters is 1. The van der Waals surface area contributed by atoms with Crippen LogP contribution in [-0.4, -0.2) is 60.5 Å². The average Bonchev–Trinajstić information content (AvgIpc) is 2.95. The summed E-state index contributed by atoms with van der Waals surface area (Å²) in [6.45, 7) is 2.17. The minimum atomic E-state index is -0.681. The second-order valence-corrected chi connectivity index (χ2v) is 10.3. The zero-order valence-electron chi connectivity index (χ0n) is 23.5. The SMILES string of the molecule is COCCOC(=O)C1=C(C)NC2=C(C(=O)CC(c3ccc(OC)c(OC)c3)C2)C1c1cc(OC)c(OC)cc1Br. The van der Waals surface area contributed by atoms with Crippen molar-refractivity contribution >= 4 is 27.7 Å². The highest BCUT2D eigenvalue weighted by Gasteiger charge is 2.42. The van der Waals surface area contributed by atoms with Gasteiger partial charge in [-0.1, -0.05) is 22.0 Å². The minimum absolute atomic E-state index is 0.0603. The number of hydrogen-bond acceptors (Lipinski definition) is 9. The number of ether oxygens (including phenoxy) is 6. The highest BCUT2D eigenvalue weighted by atomic mass is 79.9. The Morgan fingerprint density at radius 1 is 0.900 bits per heavy atom. The van der Waals surface area contributed by atoms with Crippen LogP contribution in [-0.2, 0) is 19.1 Å². The molecule has 2 aliphatic rings. The molecule has 0 aromatic heterocycles. The Labute approximate surface area is 242 Å². The molecule has 0 saturated heterocycles. The van der Waals surface area contributed by atoms with Gasteiger partial charge in [0.05, 0.1) is 40.6 Å². The second-order valence-electron chi connectivity index (χ2n) is 9.49. The van der Waals surface area contributed by atoms with Crippen LogP contribution < -0.4 is 24.3 Å². The van der Waals surface area contributed by atoms with Crippen LogP contribution >= 0.6 is 15.9 Å². The predicted molar refractivity (Wildman–Crippen MR) is 152 cm³/mol. The maximum atomic E-state index is 14.0. The van der Waals surface area contributed by atoms with Crippen LogP contribution in [0.4, 0.5) is 0 Å². The summed E-state index contributed by atoms with van der Waals surface area (Å²) in [5.41, 5.74) is 3.95. The van der Waals surface area contributed by atoms with Crippen molar-refractivity contribution in [1.82, 2.24) is 5.32 Å². The lowest BCUT2D eigenvalue weighted by molar-refractivity contribution is -0.140. The smallest absolute Gasteiger partial charge is 0.336 e. The Bertz CT molecular complexity index is 1370. The van der Waals surface area contributed by atoms with E-state index in [-0.39, 0.29) is 31.3 Å². The summed E-state index contributed by atoms with van der Waals surface area (Å²) in [5, 5.41) is 3.37. The highest BCUT2D eigenvalue weighted by Crippen LogP contribution is 2.49. The molecule has 9 nitrogen and oxygen atoms in total. The van der Waals surface area contributed by atoms with Gasteiger partial charge in [0.25, 0.3) is 0 Å². The fraction of sp³-hybridized carbons (Fsp3) is 0.400. The lowest BCUT2D eigenvalue weighted by Gasteiger charge is -2.37. The molecule has 1 aliphatic carbocycles. The van der Waals surface area contributed by atoms with E-state index in [1.54, 1.807) is 40.6 Å². The fourth-order valence-electron chi connectivity index (χ4n) is 5.35. The highest BCUT2D eigenvalue weighted by molar-refractivity contribution is 9.10. The van der Waals surface area contributed by atoms with Crippen molar-refractivity contribution in [2.24, 2.45) is 0 Å². The summed E-state index contributed by atoms with van der Waals surface area (Å²) in [6, 6.07) is 9.29. The Morgan fingerprint density at radius 2 is 1.55 bits per heavy atom. The summed E-state index contributed by atoms with van der Waals surface area (Å²) >= 11 is 3.65. The number of carbonyl (C=O) groups excluding carboxylic acids is 2. The first-order valence-corrected chi connectivity index (χ1v) is 13.6. The van der Waals surface area contributed by atoms with Gasteiger partial charge in [-0.3, -0.25) is 4.79 Å². The van der Waals surface area contributed by atoms with E-state index in [4.69, 9.17) is 28.4 Å². The molecule has 0 bridgehead atoms. The number of dihydropyridines is 1. The molecule has 214 valence electrons. The van der Waals surface area contributed by atoms with Gasteiger partial charge >= 0.3 is 5.97 Å². The Morgan fingerprint density at radius 3 is 2.20 bits per heavy atom. The van der Waals surface area contributed by atoms with Crippen LogP contribution in [0.3, 0.4) is 0 Å². The van der Waals surface area contributed by atoms with Crippen molar-refractivity contribution < 1.29 is 38.0 Å². The van der Waals surface area contributed by atoms with Crippen molar-refractivity contribution in [2.45, 2.75) is 31.6 Å². The van der Waals surface area contributed by atoms with E-state index in [0.29, 0.717) is 56.3 Å². The van der Waals surface area contributed by atoms with Gasteiger partial charge in [-0.2, -0.15) is 0 Å². The maximum Gasteiger partial charge on any atom is 0.336 e. The van der Waals surface area contributed by atoms with Gasteiger partial charge in [-0.15, -0.1) is 0 Å². The van der Waals surface area contributed by atoms with E-state index in [9.17, 15) is 9.59 Å². The van der Waals surface area contributed by atoms with Gasteiger partial charge < -0.3 is 33.7 Å². The van der Waals surface area contributed by atoms with E-state index < -0.39 is 11.9 Å². The molecule has 1 aliphatic heterocycles. The molecule has 2 atom stereocenters. The number of nitrogens with one attached hydrogen (secondary N) is 1. The zero-order valence-corrected chi connectivity index (χ0v) is 25.1. The molecule has 4 rings (SSSR count). The first kappa shape index (κ1) is 29.5. The third-order valence-electron chi connectivity index (χ3n) is 7.26. The molecule has 2 unspecified atom stereocenters. The first-order valence-electron chi connectivity index (χ1n) is 12.8. The van der Waals surface area contributed by atoms with Crippen LogP contribution in [0.2, 0.25) is 0 Å². The van der Waals surface area contributed by atoms with E-state index in [0.717, 1.165) is 11.3 Å². The number of rotatable bonds is 10. The van der Waals surface area contributed by atoms with Gasteiger partial charge in [-0.05, 0) is 54.7 Å². The molecule has 0 amide bonds. The zero-order chi connectivity index (χ0) is 29.0. The molecule has 40 heavy (non-hydrogen) atoms. The monoisotopic (exact) mass is 615 g/mol. The number of benzene rings is 2. The van der Waals surface area contributed by atoms with Crippen LogP contribution in [0, 0.1) is 0 Å². The summed E-state index contributed by atoms with van der Waals surface area (Å²) in [4.78, 5) is 27.4. The predicted octanol–water partition coefficient (Wildman–Crippen LogP) is 5.03. The summed E-state index contributed by atoms with van der Waals surface area (Å²) < 4.78 is 33.2. The van der Waals surface area contributed by atoms with Gasteiger partial charge in [-0.25, -0.2) is 4.79 Å². The van der Waals surface area contributed by atoms with Crippen LogP contribution in [0.5, 0.6) is 23.0 Å². The number of ketones is 1. The topological polar surface area (TPSA) is 102 Å². The Balaban J connectivity index is 1.82. The van der Waals surface area contributed by atoms with Crippen LogP contribution in [0.1, 0.15) is 42.7 Å². The van der Waals surface area contributed by atoms with Gasteiger partial charge in [0.1, 0.15) is 6.61 Å². The molecule has 1 N–H and O–H groups in total. The number of hydrogen-bond donors (Lipinski definition) is 1. The molecule has 2 aromatic carbocycles. The largest absolute Gasteiger partial charge is 0.493 e. The average molecular weight is 617 g/mol. The number of Topliss-reactive ketones (excluding diaryl/α,β-unsaturated/α-hetero) is 1. The standard InChI is InChI=1S/C30H34BrNO8/c1-16-27(30(34)40-10-9-35-2)28(19-14-25(38-5)26(39-6)15-20(19)31)29-21(32-16)11-18(12-22(29)33)17-7-8-23(36-3)24(13-17)37-4/h7-8,13-15,18,28,32H,9-12H2,1-6H3. The van der Waals surface area contributed by atoms with Crippen molar-refractivity contribution in [2.75, 3.05) is 48.8 Å². The minimum Gasteiger partial charge on any atom is -0.493 e. The number of methoxy groups -OCH3 is 5. The van der Waals surface area contributed by atoms with Gasteiger partial charge in [0.2, 0.25) is 0 Å². The summed E-state index contributed by atoms with van der Waals surface area (Å²) in [5.74, 6) is 0.888. The molecular weight excluding hydrogens is 582 g/mol. The second kappa shape index (κ2) is 12.8. The lowest BCUT2D eigenvalue weighted by atomic mass is 9.71. The van der Waals surface area contributed by atoms with Crippen molar-refractivity contribution in [3.05, 3.63) is 68.5 Å². The van der Waals surface area contributed by atoms with Crippen molar-refractivity contribution in [1.29, 1.82) is 0 Å². The van der Waals surface area contributed by atoms with E-state index in [2.05, 4.69) is 21.2 Å². The fourth-order valence-corrected chi connectivity index (χ4v) is 5.90. The molecule has 0 radical (unpaired) electrons. The molecule has 2 aromatic rings. The van der Waals surface area contributed by atoms with Crippen molar-refractivity contribution in [3.63, 3.8) is 0 Å². The van der Waals surface area contributed by atoms with Crippen molar-refractivity contribution in [3.8, 4) is 23.0 Å². The first-order chi connectivity index (χ1) is 19.3. The summed E-state index contributed by atoms with van der Waals surface area (Å²) in [6.07, 6.45) is 0.837. The third-order valence-corrected chi connectivity index (χ3v) is 7.95. The van der Waals surface area contributed by atoms with Gasteiger partial charge in [0.15, 0.2) is 28.8 Å². The molecular formula is C30H34BrNO8. The number of halogens is 1. The van der Waals surface area contributed by atoms with Gasteiger partial charge in [0, 0.05) is 40.9 Å². The summed E-state index contributed by atoms with van der Waals surface area (Å²) in [7, 11) is 7.81. The maximum absolute atomic E-state index is 14.0. The third kappa shape index (κ3) is 5.69. The molecule has 10 heteroatoms.